The Balaban J connectivity index is 1.80. The van der Waals surface area contributed by atoms with E-state index in [0.29, 0.717) is 27.3 Å². The van der Waals surface area contributed by atoms with E-state index >= 15 is 0 Å². The molecule has 3 rings (SSSR count). The van der Waals surface area contributed by atoms with Crippen molar-refractivity contribution in [2.24, 2.45) is 0 Å². The van der Waals surface area contributed by atoms with E-state index in [1.54, 1.807) is 30.8 Å². The number of benzene rings is 2. The Bertz CT molecular complexity index is 1010. The number of halogens is 1. The number of thioether (sulfide) groups is 1. The van der Waals surface area contributed by atoms with Crippen LogP contribution in [0.5, 0.6) is 5.75 Å². The minimum Gasteiger partial charge on any atom is -0.494 e. The van der Waals surface area contributed by atoms with E-state index in [-0.39, 0.29) is 5.91 Å². The Labute approximate surface area is 172 Å². The summed E-state index contributed by atoms with van der Waals surface area (Å²) in [6.07, 6.45) is 0. The first-order valence-electron chi connectivity index (χ1n) is 8.56. The van der Waals surface area contributed by atoms with Gasteiger partial charge in [0, 0.05) is 10.7 Å². The molecule has 0 aliphatic rings. The molecule has 1 N–H and O–H groups in total. The van der Waals surface area contributed by atoms with Gasteiger partial charge in [-0.25, -0.2) is 0 Å². The molecule has 3 aromatic rings. The average Bonchev–Trinajstić information content (AvgIpc) is 3.12. The third-order valence-electron chi connectivity index (χ3n) is 4.11. The number of methoxy groups -OCH3 is 1. The molecular weight excluding hydrogens is 398 g/mol. The molecule has 0 radical (unpaired) electrons. The molecule has 7 nitrogen and oxygen atoms in total. The maximum absolute atomic E-state index is 12.6. The molecule has 28 heavy (non-hydrogen) atoms. The Kier molecular flexibility index (Phi) is 6.21. The number of carbonyl (C=O) groups is 1. The van der Waals surface area contributed by atoms with Crippen LogP contribution in [-0.4, -0.2) is 38.5 Å². The van der Waals surface area contributed by atoms with E-state index in [1.807, 2.05) is 38.1 Å². The fraction of sp³-hybridized carbons (Fsp3) is 0.263. The van der Waals surface area contributed by atoms with Crippen molar-refractivity contribution in [3.8, 4) is 11.4 Å². The summed E-state index contributed by atoms with van der Waals surface area (Å²) < 4.78 is 6.99. The fourth-order valence-corrected chi connectivity index (χ4v) is 3.52. The number of aromatic nitrogens is 4. The summed E-state index contributed by atoms with van der Waals surface area (Å²) in [5.74, 6) is 0.479. The van der Waals surface area contributed by atoms with Gasteiger partial charge in [-0.2, -0.15) is 4.68 Å². The van der Waals surface area contributed by atoms with Crippen molar-refractivity contribution < 1.29 is 9.53 Å². The van der Waals surface area contributed by atoms with Gasteiger partial charge in [0.2, 0.25) is 11.1 Å². The summed E-state index contributed by atoms with van der Waals surface area (Å²) in [5, 5.41) is 15.4. The lowest BCUT2D eigenvalue weighted by Gasteiger charge is -2.14. The Morgan fingerprint density at radius 3 is 2.79 bits per heavy atom. The van der Waals surface area contributed by atoms with Crippen molar-refractivity contribution in [3.63, 3.8) is 0 Å². The summed E-state index contributed by atoms with van der Waals surface area (Å²) >= 11 is 7.29. The van der Waals surface area contributed by atoms with Crippen LogP contribution < -0.4 is 10.1 Å². The molecule has 0 bridgehead atoms. The van der Waals surface area contributed by atoms with Crippen LogP contribution in [0.4, 0.5) is 5.69 Å². The molecule has 0 unspecified atom stereocenters. The largest absolute Gasteiger partial charge is 0.494 e. The van der Waals surface area contributed by atoms with Crippen LogP contribution in [0.15, 0.2) is 41.6 Å². The minimum atomic E-state index is -0.432. The number of aryl methyl sites for hydroxylation is 2. The molecule has 1 amide bonds. The first-order valence-corrected chi connectivity index (χ1v) is 9.82. The molecule has 1 atom stereocenters. The second-order valence-electron chi connectivity index (χ2n) is 6.26. The van der Waals surface area contributed by atoms with Gasteiger partial charge in [-0.05, 0) is 66.6 Å². The minimum absolute atomic E-state index is 0.166. The fourth-order valence-electron chi connectivity index (χ4n) is 2.54. The van der Waals surface area contributed by atoms with E-state index in [2.05, 4.69) is 20.8 Å². The maximum Gasteiger partial charge on any atom is 0.237 e. The summed E-state index contributed by atoms with van der Waals surface area (Å²) in [4.78, 5) is 12.6. The topological polar surface area (TPSA) is 81.9 Å². The number of anilines is 1. The predicted molar refractivity (Wildman–Crippen MR) is 111 cm³/mol. The SMILES string of the molecule is COc1ccc(C)cc1-n1nnnc1S[C@H](C)C(=O)Nc1cc(Cl)ccc1C. The zero-order chi connectivity index (χ0) is 20.3. The van der Waals surface area contributed by atoms with E-state index in [0.717, 1.165) is 11.1 Å². The molecule has 2 aromatic carbocycles. The van der Waals surface area contributed by atoms with Crippen molar-refractivity contribution in [2.75, 3.05) is 12.4 Å². The second-order valence-corrected chi connectivity index (χ2v) is 8.00. The molecule has 1 aromatic heterocycles. The number of nitrogens with zero attached hydrogens (tertiary/aromatic N) is 4. The standard InChI is InChI=1S/C19H20ClN5O2S/c1-11-5-8-17(27-4)16(9-11)25-19(22-23-24-25)28-13(3)18(26)21-15-10-14(20)7-6-12(15)2/h5-10,13H,1-4H3,(H,21,26)/t13-/m1/s1. The predicted octanol–water partition coefficient (Wildman–Crippen LogP) is 4.06. The first-order chi connectivity index (χ1) is 13.4. The Hall–Kier alpha value is -2.58. The van der Waals surface area contributed by atoms with Crippen LogP contribution in [0.2, 0.25) is 5.02 Å². The highest BCUT2D eigenvalue weighted by Gasteiger charge is 2.21. The average molecular weight is 418 g/mol. The van der Waals surface area contributed by atoms with Gasteiger partial charge in [0.25, 0.3) is 0 Å². The van der Waals surface area contributed by atoms with Crippen LogP contribution >= 0.6 is 23.4 Å². The molecule has 1 heterocycles. The van der Waals surface area contributed by atoms with Gasteiger partial charge < -0.3 is 10.1 Å². The quantitative estimate of drug-likeness (QED) is 0.609. The van der Waals surface area contributed by atoms with Gasteiger partial charge in [-0.15, -0.1) is 5.10 Å². The summed E-state index contributed by atoms with van der Waals surface area (Å²) in [7, 11) is 1.59. The molecule has 0 saturated carbocycles. The van der Waals surface area contributed by atoms with Crippen molar-refractivity contribution >= 4 is 35.0 Å². The molecule has 0 fully saturated rings. The first kappa shape index (κ1) is 20.2. The molecule has 0 saturated heterocycles. The van der Waals surface area contributed by atoms with E-state index in [4.69, 9.17) is 16.3 Å². The van der Waals surface area contributed by atoms with Gasteiger partial charge in [0.15, 0.2) is 0 Å². The molecule has 146 valence electrons. The van der Waals surface area contributed by atoms with Crippen molar-refractivity contribution in [3.05, 3.63) is 52.5 Å². The Morgan fingerprint density at radius 1 is 1.25 bits per heavy atom. The van der Waals surface area contributed by atoms with Crippen molar-refractivity contribution in [1.29, 1.82) is 0 Å². The number of amides is 1. The lowest BCUT2D eigenvalue weighted by Crippen LogP contribution is -2.23. The smallest absolute Gasteiger partial charge is 0.237 e. The highest BCUT2D eigenvalue weighted by molar-refractivity contribution is 8.00. The van der Waals surface area contributed by atoms with Crippen LogP contribution in [0.1, 0.15) is 18.1 Å². The van der Waals surface area contributed by atoms with Gasteiger partial charge >= 0.3 is 0 Å². The number of nitrogens with one attached hydrogen (secondary N) is 1. The van der Waals surface area contributed by atoms with Crippen LogP contribution in [0.25, 0.3) is 5.69 Å². The number of carbonyl (C=O) groups excluding carboxylic acids is 1. The van der Waals surface area contributed by atoms with Gasteiger partial charge in [-0.1, -0.05) is 35.5 Å². The lowest BCUT2D eigenvalue weighted by atomic mass is 10.2. The third kappa shape index (κ3) is 4.45. The van der Waals surface area contributed by atoms with Gasteiger partial charge in [0.1, 0.15) is 11.4 Å². The summed E-state index contributed by atoms with van der Waals surface area (Å²) in [6, 6.07) is 11.1. The zero-order valence-corrected chi connectivity index (χ0v) is 17.5. The molecule has 0 aliphatic heterocycles. The van der Waals surface area contributed by atoms with Crippen molar-refractivity contribution in [2.45, 2.75) is 31.2 Å². The number of hydrogen-bond donors (Lipinski definition) is 1. The maximum atomic E-state index is 12.6. The summed E-state index contributed by atoms with van der Waals surface area (Å²) in [5.41, 5.74) is 3.38. The normalized spacial score (nSPS) is 11.9. The van der Waals surface area contributed by atoms with Crippen LogP contribution in [-0.2, 0) is 4.79 Å². The molecule has 0 spiro atoms. The number of hydrogen-bond acceptors (Lipinski definition) is 6. The third-order valence-corrected chi connectivity index (χ3v) is 5.38. The van der Waals surface area contributed by atoms with Gasteiger partial charge in [-0.3, -0.25) is 4.79 Å². The van der Waals surface area contributed by atoms with Crippen molar-refractivity contribution in [1.82, 2.24) is 20.2 Å². The number of tetrazole rings is 1. The highest BCUT2D eigenvalue weighted by Crippen LogP contribution is 2.29. The lowest BCUT2D eigenvalue weighted by molar-refractivity contribution is -0.115. The number of ether oxygens (including phenoxy) is 1. The van der Waals surface area contributed by atoms with E-state index in [9.17, 15) is 4.79 Å². The molecular formula is C19H20ClN5O2S. The Morgan fingerprint density at radius 2 is 2.04 bits per heavy atom. The second kappa shape index (κ2) is 8.62. The van der Waals surface area contributed by atoms with Gasteiger partial charge in [0.05, 0.1) is 12.4 Å². The highest BCUT2D eigenvalue weighted by atomic mass is 35.5. The number of rotatable bonds is 6. The molecule has 0 aliphatic carbocycles. The molecule has 9 heteroatoms. The monoisotopic (exact) mass is 417 g/mol. The van der Waals surface area contributed by atoms with E-state index in [1.165, 1.54) is 11.8 Å². The summed E-state index contributed by atoms with van der Waals surface area (Å²) in [6.45, 7) is 5.68. The van der Waals surface area contributed by atoms with E-state index < -0.39 is 5.25 Å². The zero-order valence-electron chi connectivity index (χ0n) is 15.9. The van der Waals surface area contributed by atoms with Crippen LogP contribution in [0.3, 0.4) is 0 Å². The van der Waals surface area contributed by atoms with Crippen LogP contribution in [0, 0.1) is 13.8 Å².